The standard InChI is InChI=1S/C18H16N4O6/c1-28-15-8-3-2-7-13(15)17(24)20-19-14-10-16(23)21(18(14)25)11-5-4-6-12(9-11)22(26)27/h2-9,14,19H,10H2,1H3,(H,20,24). The first-order chi connectivity index (χ1) is 13.4. The molecule has 3 amide bonds. The van der Waals surface area contributed by atoms with Crippen LogP contribution in [-0.4, -0.2) is 35.8 Å². The van der Waals surface area contributed by atoms with Gasteiger partial charge in [-0.15, -0.1) is 0 Å². The van der Waals surface area contributed by atoms with E-state index in [2.05, 4.69) is 10.9 Å². The van der Waals surface area contributed by atoms with Crippen molar-refractivity contribution in [1.29, 1.82) is 0 Å². The van der Waals surface area contributed by atoms with E-state index in [9.17, 15) is 24.5 Å². The van der Waals surface area contributed by atoms with Crippen molar-refractivity contribution in [2.75, 3.05) is 12.0 Å². The molecule has 1 saturated heterocycles. The Morgan fingerprint density at radius 2 is 1.96 bits per heavy atom. The van der Waals surface area contributed by atoms with Gasteiger partial charge in [0.1, 0.15) is 11.8 Å². The molecule has 0 spiro atoms. The van der Waals surface area contributed by atoms with Crippen molar-refractivity contribution in [2.24, 2.45) is 0 Å². The van der Waals surface area contributed by atoms with Gasteiger partial charge in [-0.2, -0.15) is 0 Å². The second kappa shape index (κ2) is 7.84. The van der Waals surface area contributed by atoms with Gasteiger partial charge >= 0.3 is 0 Å². The number of methoxy groups -OCH3 is 1. The predicted octanol–water partition coefficient (Wildman–Crippen LogP) is 1.17. The number of nitro benzene ring substituents is 1. The molecule has 2 aromatic carbocycles. The molecule has 0 bridgehead atoms. The minimum atomic E-state index is -0.995. The Morgan fingerprint density at radius 3 is 2.68 bits per heavy atom. The summed E-state index contributed by atoms with van der Waals surface area (Å²) >= 11 is 0. The largest absolute Gasteiger partial charge is 0.496 e. The third-order valence-electron chi connectivity index (χ3n) is 4.16. The highest BCUT2D eigenvalue weighted by Crippen LogP contribution is 2.26. The summed E-state index contributed by atoms with van der Waals surface area (Å²) in [6.45, 7) is 0. The molecule has 0 aliphatic carbocycles. The van der Waals surface area contributed by atoms with Gasteiger partial charge < -0.3 is 4.74 Å². The fraction of sp³-hybridized carbons (Fsp3) is 0.167. The predicted molar refractivity (Wildman–Crippen MR) is 97.6 cm³/mol. The Bertz CT molecular complexity index is 961. The number of benzene rings is 2. The number of imide groups is 1. The van der Waals surface area contributed by atoms with Crippen molar-refractivity contribution >= 4 is 29.1 Å². The second-order valence-corrected chi connectivity index (χ2v) is 5.90. The van der Waals surface area contributed by atoms with Crippen LogP contribution in [0, 0.1) is 10.1 Å². The molecule has 0 saturated carbocycles. The van der Waals surface area contributed by atoms with Crippen molar-refractivity contribution in [3.63, 3.8) is 0 Å². The second-order valence-electron chi connectivity index (χ2n) is 5.90. The number of hydrogen-bond donors (Lipinski definition) is 2. The van der Waals surface area contributed by atoms with Crippen LogP contribution in [0.3, 0.4) is 0 Å². The normalized spacial score (nSPS) is 16.2. The number of hydrazine groups is 1. The van der Waals surface area contributed by atoms with Crippen LogP contribution in [0.25, 0.3) is 0 Å². The van der Waals surface area contributed by atoms with Crippen molar-refractivity contribution in [3.8, 4) is 5.75 Å². The summed E-state index contributed by atoms with van der Waals surface area (Å²) < 4.78 is 5.11. The molecule has 1 aliphatic heterocycles. The van der Waals surface area contributed by atoms with Gasteiger partial charge in [-0.3, -0.25) is 29.9 Å². The summed E-state index contributed by atoms with van der Waals surface area (Å²) in [6.07, 6.45) is -0.201. The molecule has 0 radical (unpaired) electrons. The van der Waals surface area contributed by atoms with E-state index in [1.54, 1.807) is 24.3 Å². The maximum atomic E-state index is 12.6. The molecule has 1 heterocycles. The summed E-state index contributed by atoms with van der Waals surface area (Å²) in [4.78, 5) is 48.3. The first-order valence-electron chi connectivity index (χ1n) is 8.22. The molecule has 2 N–H and O–H groups in total. The lowest BCUT2D eigenvalue weighted by molar-refractivity contribution is -0.384. The van der Waals surface area contributed by atoms with Gasteiger partial charge in [0, 0.05) is 12.1 Å². The molecular formula is C18H16N4O6. The Labute approximate surface area is 159 Å². The zero-order chi connectivity index (χ0) is 20.3. The highest BCUT2D eigenvalue weighted by atomic mass is 16.6. The molecule has 3 rings (SSSR count). The third kappa shape index (κ3) is 3.67. The first-order valence-corrected chi connectivity index (χ1v) is 8.22. The number of nitro groups is 1. The quantitative estimate of drug-likeness (QED) is 0.434. The molecule has 2 aromatic rings. The summed E-state index contributed by atoms with van der Waals surface area (Å²) in [5, 5.41) is 10.9. The lowest BCUT2D eigenvalue weighted by atomic mass is 10.2. The minimum Gasteiger partial charge on any atom is -0.496 e. The zero-order valence-corrected chi connectivity index (χ0v) is 14.7. The molecule has 1 fully saturated rings. The summed E-state index contributed by atoms with van der Waals surface area (Å²) in [5.41, 5.74) is 5.06. The van der Waals surface area contributed by atoms with E-state index in [1.165, 1.54) is 25.3 Å². The molecule has 10 nitrogen and oxygen atoms in total. The van der Waals surface area contributed by atoms with Crippen LogP contribution in [0.5, 0.6) is 5.75 Å². The zero-order valence-electron chi connectivity index (χ0n) is 14.7. The van der Waals surface area contributed by atoms with Gasteiger partial charge in [-0.05, 0) is 18.2 Å². The van der Waals surface area contributed by atoms with Crippen LogP contribution in [0.1, 0.15) is 16.8 Å². The number of hydrogen-bond acceptors (Lipinski definition) is 7. The van der Waals surface area contributed by atoms with Crippen LogP contribution < -0.4 is 20.5 Å². The highest BCUT2D eigenvalue weighted by molar-refractivity contribution is 6.22. The average molecular weight is 384 g/mol. The molecule has 28 heavy (non-hydrogen) atoms. The maximum absolute atomic E-state index is 12.6. The Morgan fingerprint density at radius 1 is 1.21 bits per heavy atom. The summed E-state index contributed by atoms with van der Waals surface area (Å²) in [5.74, 6) is -1.33. The third-order valence-corrected chi connectivity index (χ3v) is 4.16. The fourth-order valence-corrected chi connectivity index (χ4v) is 2.81. The average Bonchev–Trinajstić information content (AvgIpc) is 2.99. The van der Waals surface area contributed by atoms with E-state index in [0.29, 0.717) is 5.75 Å². The fourth-order valence-electron chi connectivity index (χ4n) is 2.81. The monoisotopic (exact) mass is 384 g/mol. The van der Waals surface area contributed by atoms with Gasteiger partial charge in [0.15, 0.2) is 0 Å². The number of nitrogens with zero attached hydrogens (tertiary/aromatic N) is 2. The topological polar surface area (TPSA) is 131 Å². The maximum Gasteiger partial charge on any atom is 0.271 e. The molecular weight excluding hydrogens is 368 g/mol. The molecule has 1 atom stereocenters. The highest BCUT2D eigenvalue weighted by Gasteiger charge is 2.40. The van der Waals surface area contributed by atoms with Crippen LogP contribution in [0.15, 0.2) is 48.5 Å². The molecule has 0 aromatic heterocycles. The number of nitrogens with one attached hydrogen (secondary N) is 2. The lowest BCUT2D eigenvalue weighted by Crippen LogP contribution is -2.48. The van der Waals surface area contributed by atoms with Crippen LogP contribution in [0.4, 0.5) is 11.4 Å². The number of rotatable bonds is 6. The Balaban J connectivity index is 1.71. The number of carbonyl (C=O) groups excluding carboxylic acids is 3. The van der Waals surface area contributed by atoms with Crippen LogP contribution >= 0.6 is 0 Å². The number of ether oxygens (including phenoxy) is 1. The van der Waals surface area contributed by atoms with Gasteiger partial charge in [0.25, 0.3) is 17.5 Å². The Kier molecular flexibility index (Phi) is 5.32. The van der Waals surface area contributed by atoms with E-state index in [-0.39, 0.29) is 23.4 Å². The first kappa shape index (κ1) is 19.0. The number of carbonyl (C=O) groups is 3. The number of amides is 3. The number of para-hydroxylation sites is 1. The molecule has 10 heteroatoms. The van der Waals surface area contributed by atoms with Gasteiger partial charge in [-0.1, -0.05) is 18.2 Å². The number of anilines is 1. The van der Waals surface area contributed by atoms with E-state index < -0.39 is 28.7 Å². The Hall–Kier alpha value is -3.79. The van der Waals surface area contributed by atoms with Crippen LogP contribution in [0.2, 0.25) is 0 Å². The van der Waals surface area contributed by atoms with Crippen molar-refractivity contribution in [3.05, 3.63) is 64.2 Å². The minimum absolute atomic E-state index is 0.101. The van der Waals surface area contributed by atoms with Gasteiger partial charge in [-0.25, -0.2) is 10.3 Å². The number of non-ortho nitro benzene ring substituents is 1. The van der Waals surface area contributed by atoms with Gasteiger partial charge in [0.2, 0.25) is 5.91 Å². The molecule has 1 aliphatic rings. The van der Waals surface area contributed by atoms with E-state index in [0.717, 1.165) is 11.0 Å². The SMILES string of the molecule is COc1ccccc1C(=O)NNC1CC(=O)N(c2cccc([N+](=O)[O-])c2)C1=O. The van der Waals surface area contributed by atoms with Crippen LogP contribution in [-0.2, 0) is 9.59 Å². The lowest BCUT2D eigenvalue weighted by Gasteiger charge is -2.16. The smallest absolute Gasteiger partial charge is 0.271 e. The van der Waals surface area contributed by atoms with E-state index in [4.69, 9.17) is 4.74 Å². The summed E-state index contributed by atoms with van der Waals surface area (Å²) in [7, 11) is 1.43. The summed E-state index contributed by atoms with van der Waals surface area (Å²) in [6, 6.07) is 10.8. The van der Waals surface area contributed by atoms with Gasteiger partial charge in [0.05, 0.1) is 29.7 Å². The van der Waals surface area contributed by atoms with E-state index >= 15 is 0 Å². The van der Waals surface area contributed by atoms with Crippen molar-refractivity contribution in [2.45, 2.75) is 12.5 Å². The van der Waals surface area contributed by atoms with Crippen molar-refractivity contribution in [1.82, 2.24) is 10.9 Å². The molecule has 144 valence electrons. The van der Waals surface area contributed by atoms with Crippen molar-refractivity contribution < 1.29 is 24.0 Å². The van der Waals surface area contributed by atoms with E-state index in [1.807, 2.05) is 0 Å². The molecule has 1 unspecified atom stereocenters.